The number of carbonyl (C=O) groups is 1. The van der Waals surface area contributed by atoms with Crippen LogP contribution in [0.2, 0.25) is 0 Å². The summed E-state index contributed by atoms with van der Waals surface area (Å²) in [6, 6.07) is 7.15. The van der Waals surface area contributed by atoms with Crippen molar-refractivity contribution in [2.75, 3.05) is 29.6 Å². The van der Waals surface area contributed by atoms with Crippen LogP contribution in [0.5, 0.6) is 5.88 Å². The summed E-state index contributed by atoms with van der Waals surface area (Å²) in [6.45, 7) is 6.29. The summed E-state index contributed by atoms with van der Waals surface area (Å²) in [5, 5.41) is 9.24. The third kappa shape index (κ3) is 4.61. The Hall–Kier alpha value is -3.89. The van der Waals surface area contributed by atoms with E-state index in [0.717, 1.165) is 11.0 Å². The average molecular weight is 574 g/mol. The first kappa shape index (κ1) is 27.7. The van der Waals surface area contributed by atoms with Crippen molar-refractivity contribution in [2.45, 2.75) is 38.9 Å². The molecule has 0 bridgehead atoms. The van der Waals surface area contributed by atoms with Crippen molar-refractivity contribution in [3.63, 3.8) is 0 Å². The number of hydrogen-bond acceptors (Lipinski definition) is 7. The number of halogens is 4. The normalized spacial score (nSPS) is 17.4. The first-order chi connectivity index (χ1) is 18.9. The molecule has 0 spiro atoms. The van der Waals surface area contributed by atoms with Crippen LogP contribution in [0.3, 0.4) is 0 Å². The maximum atomic E-state index is 15.5. The molecule has 2 saturated heterocycles. The van der Waals surface area contributed by atoms with Crippen LogP contribution in [-0.2, 0) is 22.1 Å². The predicted octanol–water partition coefficient (Wildman–Crippen LogP) is 5.16. The quantitative estimate of drug-likeness (QED) is 0.295. The van der Waals surface area contributed by atoms with Crippen LogP contribution in [0.15, 0.2) is 30.3 Å². The second-order valence-corrected chi connectivity index (χ2v) is 10.4. The summed E-state index contributed by atoms with van der Waals surface area (Å²) in [5.41, 5.74) is -3.15. The van der Waals surface area contributed by atoms with Gasteiger partial charge >= 0.3 is 6.18 Å². The molecule has 208 valence electrons. The lowest BCUT2D eigenvalue weighted by molar-refractivity contribution is -0.137. The van der Waals surface area contributed by atoms with Crippen molar-refractivity contribution in [3.05, 3.63) is 53.1 Å². The van der Waals surface area contributed by atoms with Crippen molar-refractivity contribution in [2.24, 2.45) is 5.92 Å². The van der Waals surface area contributed by atoms with Gasteiger partial charge in [-0.25, -0.2) is 9.37 Å². The van der Waals surface area contributed by atoms with Gasteiger partial charge in [-0.3, -0.25) is 9.69 Å². The van der Waals surface area contributed by atoms with Gasteiger partial charge in [0, 0.05) is 18.0 Å². The molecule has 2 aromatic carbocycles. The summed E-state index contributed by atoms with van der Waals surface area (Å²) in [7, 11) is 0. The Balaban J connectivity index is 1.60. The number of amides is 1. The average Bonchev–Trinajstić information content (AvgIpc) is 3.05. The van der Waals surface area contributed by atoms with Crippen molar-refractivity contribution >= 4 is 45.5 Å². The number of fused-ring (bicyclic) bond motifs is 1. The van der Waals surface area contributed by atoms with Gasteiger partial charge in [0.15, 0.2) is 10.9 Å². The van der Waals surface area contributed by atoms with E-state index < -0.39 is 34.6 Å². The molecule has 3 heterocycles. The zero-order chi connectivity index (χ0) is 29.0. The van der Waals surface area contributed by atoms with Gasteiger partial charge in [0.1, 0.15) is 16.9 Å². The predicted molar refractivity (Wildman–Crippen MR) is 141 cm³/mol. The van der Waals surface area contributed by atoms with E-state index in [0.29, 0.717) is 38.1 Å². The van der Waals surface area contributed by atoms with Gasteiger partial charge in [0.05, 0.1) is 48.1 Å². The molecule has 1 aromatic heterocycles. The van der Waals surface area contributed by atoms with Gasteiger partial charge in [-0.05, 0) is 56.4 Å². The third-order valence-corrected chi connectivity index (χ3v) is 7.21. The van der Waals surface area contributed by atoms with Crippen molar-refractivity contribution in [3.8, 4) is 11.9 Å². The van der Waals surface area contributed by atoms with Crippen LogP contribution in [0.1, 0.15) is 37.7 Å². The summed E-state index contributed by atoms with van der Waals surface area (Å²) in [4.78, 5) is 24.6. The lowest BCUT2D eigenvalue weighted by Gasteiger charge is -2.30. The van der Waals surface area contributed by atoms with Gasteiger partial charge in [0.2, 0.25) is 5.88 Å². The molecule has 13 heteroatoms. The van der Waals surface area contributed by atoms with Gasteiger partial charge < -0.3 is 14.4 Å². The first-order valence-electron chi connectivity index (χ1n) is 12.4. The molecule has 40 heavy (non-hydrogen) atoms. The third-order valence-electron chi connectivity index (χ3n) is 6.84. The molecule has 2 aliphatic heterocycles. The summed E-state index contributed by atoms with van der Waals surface area (Å²) < 4.78 is 67.6. The number of anilines is 2. The number of rotatable bonds is 6. The lowest BCUT2D eigenvalue weighted by atomic mass is 10.0. The minimum Gasteiger partial charge on any atom is -0.477 e. The summed E-state index contributed by atoms with van der Waals surface area (Å²) in [5.74, 6) is -0.604. The number of hydrogen-bond donors (Lipinski definition) is 0. The fraction of sp³-hybridized carbons (Fsp3) is 0.370. The summed E-state index contributed by atoms with van der Waals surface area (Å²) >= 11 is 5.58. The smallest absolute Gasteiger partial charge is 0.417 e. The van der Waals surface area contributed by atoms with E-state index in [1.165, 1.54) is 36.9 Å². The largest absolute Gasteiger partial charge is 0.477 e. The molecule has 0 saturated carbocycles. The second kappa shape index (κ2) is 9.94. The number of ether oxygens (including phenoxy) is 2. The Labute approximate surface area is 232 Å². The molecule has 2 fully saturated rings. The molecule has 0 radical (unpaired) electrons. The highest BCUT2D eigenvalue weighted by molar-refractivity contribution is 7.81. The zero-order valence-corrected chi connectivity index (χ0v) is 22.5. The van der Waals surface area contributed by atoms with E-state index in [-0.39, 0.29) is 39.2 Å². The SMILES string of the molecule is CCc1nc(OCC2COC2)c2cc(N3C(=S)N(c4ccc(C#N)c(C(F)(F)F)c4)C(=O)C3(C)C)cc(F)c2n1. The number of aryl methyl sites for hydroxylation is 1. The standard InChI is InChI=1S/C27H23F4N5O3S/c1-4-21-33-22-18(23(34-21)39-13-14-11-38-12-14)7-17(9-20(22)28)36-25(40)35(24(37)26(36,2)3)16-6-5-15(10-32)19(8-16)27(29,30)31/h5-9,14H,4,11-13H2,1-3H3. The van der Waals surface area contributed by atoms with Crippen molar-refractivity contribution in [1.82, 2.24) is 9.97 Å². The zero-order valence-electron chi connectivity index (χ0n) is 21.7. The highest BCUT2D eigenvalue weighted by atomic mass is 32.1. The fourth-order valence-electron chi connectivity index (χ4n) is 4.63. The van der Waals surface area contributed by atoms with E-state index >= 15 is 4.39 Å². The van der Waals surface area contributed by atoms with Crippen LogP contribution < -0.4 is 14.5 Å². The first-order valence-corrected chi connectivity index (χ1v) is 12.8. The van der Waals surface area contributed by atoms with E-state index in [9.17, 15) is 18.0 Å². The van der Waals surface area contributed by atoms with Gasteiger partial charge in [-0.1, -0.05) is 6.92 Å². The van der Waals surface area contributed by atoms with Crippen molar-refractivity contribution in [1.29, 1.82) is 5.26 Å². The molecule has 3 aromatic rings. The molecule has 5 rings (SSSR count). The summed E-state index contributed by atoms with van der Waals surface area (Å²) in [6.07, 6.45) is -4.39. The van der Waals surface area contributed by atoms with Crippen LogP contribution in [0.25, 0.3) is 10.9 Å². The fourth-order valence-corrected chi connectivity index (χ4v) is 5.15. The van der Waals surface area contributed by atoms with Crippen LogP contribution in [0.4, 0.5) is 28.9 Å². The Morgan fingerprint density at radius 2 is 1.93 bits per heavy atom. The Kier molecular flexibility index (Phi) is 6.87. The molecule has 0 unspecified atom stereocenters. The molecule has 0 aliphatic carbocycles. The van der Waals surface area contributed by atoms with E-state index in [1.807, 2.05) is 6.92 Å². The van der Waals surface area contributed by atoms with E-state index in [1.54, 1.807) is 6.07 Å². The molecule has 0 atom stereocenters. The Morgan fingerprint density at radius 1 is 1.20 bits per heavy atom. The monoisotopic (exact) mass is 573 g/mol. The van der Waals surface area contributed by atoms with E-state index in [4.69, 9.17) is 27.0 Å². The molecule has 0 N–H and O–H groups in total. The topological polar surface area (TPSA) is 91.6 Å². The molecular formula is C27H23F4N5O3S. The maximum Gasteiger partial charge on any atom is 0.417 e. The number of thiocarbonyl (C=S) groups is 1. The van der Waals surface area contributed by atoms with E-state index in [2.05, 4.69) is 9.97 Å². The van der Waals surface area contributed by atoms with Gasteiger partial charge in [-0.15, -0.1) is 0 Å². The van der Waals surface area contributed by atoms with Crippen LogP contribution >= 0.6 is 12.2 Å². The highest BCUT2D eigenvalue weighted by Gasteiger charge is 2.51. The number of benzene rings is 2. The number of alkyl halides is 3. The minimum atomic E-state index is -4.83. The second-order valence-electron chi connectivity index (χ2n) is 9.99. The number of nitriles is 1. The molecular weight excluding hydrogens is 550 g/mol. The minimum absolute atomic E-state index is 0.0310. The number of aromatic nitrogens is 2. The highest BCUT2D eigenvalue weighted by Crippen LogP contribution is 2.41. The Bertz CT molecular complexity index is 1580. The molecule has 1 amide bonds. The Morgan fingerprint density at radius 3 is 2.52 bits per heavy atom. The van der Waals surface area contributed by atoms with Crippen molar-refractivity contribution < 1.29 is 31.8 Å². The van der Waals surface area contributed by atoms with Gasteiger partial charge in [0.25, 0.3) is 5.91 Å². The van der Waals surface area contributed by atoms with Gasteiger partial charge in [-0.2, -0.15) is 23.4 Å². The number of nitrogens with zero attached hydrogens (tertiary/aromatic N) is 5. The maximum absolute atomic E-state index is 15.5. The number of carbonyl (C=O) groups excluding carboxylic acids is 1. The lowest BCUT2D eigenvalue weighted by Crippen LogP contribution is -2.44. The van der Waals surface area contributed by atoms with Crippen LogP contribution in [0, 0.1) is 23.1 Å². The molecule has 8 nitrogen and oxygen atoms in total. The molecule has 2 aliphatic rings. The van der Waals surface area contributed by atoms with Crippen LogP contribution in [-0.4, -0.2) is 46.3 Å².